The molecule has 0 saturated carbocycles. The average Bonchev–Trinajstić information content (AvgIpc) is 2.08. The van der Waals surface area contributed by atoms with Crippen LogP contribution in [0.15, 0.2) is 24.3 Å². The van der Waals surface area contributed by atoms with Crippen molar-refractivity contribution in [1.82, 2.24) is 0 Å². The van der Waals surface area contributed by atoms with E-state index in [1.807, 2.05) is 0 Å². The molecule has 0 heterocycles. The van der Waals surface area contributed by atoms with Crippen LogP contribution in [0.1, 0.15) is 5.56 Å². The Morgan fingerprint density at radius 3 is 2.38 bits per heavy atom. The third kappa shape index (κ3) is 3.11. The van der Waals surface area contributed by atoms with Crippen LogP contribution in [0.25, 0.3) is 0 Å². The maximum atomic E-state index is 10.5. The summed E-state index contributed by atoms with van der Waals surface area (Å²) >= 11 is 0. The van der Waals surface area contributed by atoms with E-state index in [9.17, 15) is 4.57 Å². The summed E-state index contributed by atoms with van der Waals surface area (Å²) in [7, 11) is -2.33. The molecule has 0 aliphatic carbocycles. The highest BCUT2D eigenvalue weighted by Crippen LogP contribution is 2.22. The Hall–Kier alpha value is -0.960. The molecule has 2 atom stereocenters. The smallest absolute Gasteiger partial charge is 0.508 e. The van der Waals surface area contributed by atoms with Gasteiger partial charge in [-0.05, 0) is 22.3 Å². The van der Waals surface area contributed by atoms with Crippen LogP contribution in [-0.4, -0.2) is 15.8 Å². The van der Waals surface area contributed by atoms with Gasteiger partial charge in [0.25, 0.3) is 0 Å². The Balaban J connectivity index is 2.64. The molecule has 1 rings (SSSR count). The zero-order valence-corrected chi connectivity index (χ0v) is 7.82. The van der Waals surface area contributed by atoms with Crippen LogP contribution in [-0.2, 0) is 11.0 Å². The second kappa shape index (κ2) is 4.33. The fraction of sp³-hybridized carbons (Fsp3) is 0.250. The van der Waals surface area contributed by atoms with Crippen LogP contribution in [0, 0.1) is 0 Å². The van der Waals surface area contributed by atoms with Crippen molar-refractivity contribution in [3.63, 3.8) is 0 Å². The van der Waals surface area contributed by atoms with Crippen molar-refractivity contribution in [2.24, 2.45) is 5.73 Å². The minimum absolute atomic E-state index is 0.172. The van der Waals surface area contributed by atoms with Gasteiger partial charge in [0.15, 0.2) is 0 Å². The van der Waals surface area contributed by atoms with Crippen molar-refractivity contribution in [1.29, 1.82) is 0 Å². The van der Waals surface area contributed by atoms with E-state index in [1.54, 1.807) is 12.1 Å². The molecule has 0 aliphatic heterocycles. The van der Waals surface area contributed by atoms with Gasteiger partial charge in [-0.25, -0.2) is 0 Å². The normalized spacial score (nSPS) is 13.8. The van der Waals surface area contributed by atoms with Crippen LogP contribution in [0.5, 0.6) is 5.75 Å². The quantitative estimate of drug-likeness (QED) is 0.634. The van der Waals surface area contributed by atoms with Crippen LogP contribution in [0.4, 0.5) is 0 Å². The van der Waals surface area contributed by atoms with Gasteiger partial charge < -0.3 is 5.11 Å². The zero-order valence-electron chi connectivity index (χ0n) is 6.92. The van der Waals surface area contributed by atoms with E-state index in [0.717, 1.165) is 5.56 Å². The minimum atomic E-state index is -2.33. The Labute approximate surface area is 76.9 Å². The van der Waals surface area contributed by atoms with E-state index >= 15 is 0 Å². The fourth-order valence-electron chi connectivity index (χ4n) is 0.952. The molecule has 0 aromatic heterocycles. The largest absolute Gasteiger partial charge is 0.524 e. The summed E-state index contributed by atoms with van der Waals surface area (Å²) in [6, 6.07) is 6.39. The molecule has 0 amide bonds. The van der Waals surface area contributed by atoms with Crippen molar-refractivity contribution in [2.75, 3.05) is 0 Å². The number of rotatable bonds is 3. The Morgan fingerprint density at radius 1 is 1.38 bits per heavy atom. The highest BCUT2D eigenvalue weighted by molar-refractivity contribution is 7.38. The van der Waals surface area contributed by atoms with E-state index in [4.69, 9.17) is 15.7 Å². The standard InChI is InChI=1S/C8H10NO3P/c9-8(13(11)12)5-6-1-3-7(10)4-2-6/h1-4,8H,5,9H2,(H-,10,11,12)/p+1/t8-/m1/s1. The molecular formula is C8H11NO3P+. The molecule has 0 aliphatic rings. The zero-order chi connectivity index (χ0) is 9.84. The van der Waals surface area contributed by atoms with Gasteiger partial charge >= 0.3 is 8.03 Å². The third-order valence-corrected chi connectivity index (χ3v) is 2.41. The molecule has 0 bridgehead atoms. The highest BCUT2D eigenvalue weighted by Gasteiger charge is 2.23. The van der Waals surface area contributed by atoms with Crippen LogP contribution in [0.2, 0.25) is 0 Å². The molecule has 1 aromatic rings. The summed E-state index contributed by atoms with van der Waals surface area (Å²) in [4.78, 5) is 8.67. The van der Waals surface area contributed by atoms with Crippen molar-refractivity contribution < 1.29 is 14.6 Å². The molecule has 0 spiro atoms. The van der Waals surface area contributed by atoms with Gasteiger partial charge in [0.2, 0.25) is 5.78 Å². The van der Waals surface area contributed by atoms with Crippen molar-refractivity contribution in [3.05, 3.63) is 29.8 Å². The second-order valence-electron chi connectivity index (χ2n) is 2.74. The Bertz CT molecular complexity index is 299. The van der Waals surface area contributed by atoms with Crippen LogP contribution in [0.3, 0.4) is 0 Å². The maximum Gasteiger partial charge on any atom is 0.524 e. The monoisotopic (exact) mass is 200 g/mol. The van der Waals surface area contributed by atoms with E-state index in [0.29, 0.717) is 6.42 Å². The van der Waals surface area contributed by atoms with Gasteiger partial charge in [-0.3, -0.25) is 5.73 Å². The van der Waals surface area contributed by atoms with E-state index in [-0.39, 0.29) is 5.75 Å². The predicted molar refractivity (Wildman–Crippen MR) is 49.6 cm³/mol. The van der Waals surface area contributed by atoms with Gasteiger partial charge in [-0.1, -0.05) is 12.1 Å². The van der Waals surface area contributed by atoms with Gasteiger partial charge in [0.1, 0.15) is 5.75 Å². The topological polar surface area (TPSA) is 83.5 Å². The van der Waals surface area contributed by atoms with Crippen molar-refractivity contribution >= 4 is 8.03 Å². The lowest BCUT2D eigenvalue weighted by Gasteiger charge is -1.99. The number of phenolic OH excluding ortho intramolecular Hbond substituents is 1. The number of phenols is 1. The second-order valence-corrected chi connectivity index (χ2v) is 4.01. The van der Waals surface area contributed by atoms with Gasteiger partial charge in [0, 0.05) is 6.42 Å². The number of benzene rings is 1. The summed E-state index contributed by atoms with van der Waals surface area (Å²) in [5.41, 5.74) is 6.23. The summed E-state index contributed by atoms with van der Waals surface area (Å²) in [5.74, 6) is -0.565. The van der Waals surface area contributed by atoms with Crippen LogP contribution >= 0.6 is 8.03 Å². The summed E-state index contributed by atoms with van der Waals surface area (Å²) < 4.78 is 10.5. The molecule has 1 aromatic carbocycles. The van der Waals surface area contributed by atoms with Gasteiger partial charge in [-0.2, -0.15) is 4.89 Å². The molecule has 13 heavy (non-hydrogen) atoms. The minimum Gasteiger partial charge on any atom is -0.508 e. The number of nitrogens with two attached hydrogens (primary N) is 1. The number of hydrogen-bond donors (Lipinski definition) is 3. The first-order valence-corrected chi connectivity index (χ1v) is 5.06. The number of aromatic hydroxyl groups is 1. The van der Waals surface area contributed by atoms with Gasteiger partial charge in [0.05, 0.1) is 0 Å². The number of hydrogen-bond acceptors (Lipinski definition) is 3. The van der Waals surface area contributed by atoms with Crippen molar-refractivity contribution in [3.8, 4) is 5.75 Å². The van der Waals surface area contributed by atoms with E-state index in [2.05, 4.69) is 0 Å². The van der Waals surface area contributed by atoms with Crippen LogP contribution < -0.4 is 5.73 Å². The predicted octanol–water partition coefficient (Wildman–Crippen LogP) is 0.954. The molecule has 0 radical (unpaired) electrons. The SMILES string of the molecule is N[C@@H](Cc1ccc(O)cc1)[P+](=O)O. The van der Waals surface area contributed by atoms with Gasteiger partial charge in [-0.15, -0.1) is 0 Å². The summed E-state index contributed by atoms with van der Waals surface area (Å²) in [6.07, 6.45) is 0.339. The Kier molecular flexibility index (Phi) is 3.37. The first kappa shape index (κ1) is 10.1. The molecule has 5 heteroatoms. The average molecular weight is 200 g/mol. The molecule has 70 valence electrons. The molecule has 0 saturated heterocycles. The first-order valence-electron chi connectivity index (χ1n) is 3.78. The Morgan fingerprint density at radius 2 is 1.92 bits per heavy atom. The van der Waals surface area contributed by atoms with E-state index < -0.39 is 13.8 Å². The highest BCUT2D eigenvalue weighted by atomic mass is 31.1. The van der Waals surface area contributed by atoms with E-state index in [1.165, 1.54) is 12.1 Å². The maximum absolute atomic E-state index is 10.5. The molecule has 4 N–H and O–H groups in total. The summed E-state index contributed by atoms with van der Waals surface area (Å²) in [5, 5.41) is 8.96. The molecular weight excluding hydrogens is 189 g/mol. The fourth-order valence-corrected chi connectivity index (χ4v) is 1.32. The molecule has 1 unspecified atom stereocenters. The lowest BCUT2D eigenvalue weighted by atomic mass is 10.1. The third-order valence-electron chi connectivity index (χ3n) is 1.66. The van der Waals surface area contributed by atoms with Crippen molar-refractivity contribution in [2.45, 2.75) is 12.2 Å². The molecule has 4 nitrogen and oxygen atoms in total. The summed E-state index contributed by atoms with van der Waals surface area (Å²) in [6.45, 7) is 0. The lowest BCUT2D eigenvalue weighted by Crippen LogP contribution is -2.17. The lowest BCUT2D eigenvalue weighted by molar-refractivity contribution is 0.475. The molecule has 0 fully saturated rings. The first-order chi connectivity index (χ1) is 6.09.